The van der Waals surface area contributed by atoms with E-state index in [2.05, 4.69) is 0 Å². The van der Waals surface area contributed by atoms with Crippen LogP contribution in [0.25, 0.3) is 0 Å². The summed E-state index contributed by atoms with van der Waals surface area (Å²) in [6, 6.07) is 0. The van der Waals surface area contributed by atoms with E-state index >= 15 is 0 Å². The van der Waals surface area contributed by atoms with E-state index in [0.717, 1.165) is 19.3 Å². The fraction of sp³-hybridized carbons (Fsp3) is 0.750. The van der Waals surface area contributed by atoms with Crippen molar-refractivity contribution in [3.05, 3.63) is 0 Å². The first-order valence-corrected chi connectivity index (χ1v) is 4.34. The summed E-state index contributed by atoms with van der Waals surface area (Å²) in [4.78, 5) is 10.9. The minimum absolute atomic E-state index is 0.0269. The molecule has 12 heavy (non-hydrogen) atoms. The molecule has 3 aliphatic rings. The van der Waals surface area contributed by atoms with Crippen LogP contribution in [0.1, 0.15) is 19.3 Å². The predicted octanol–water partition coefficient (Wildman–Crippen LogP) is 0.616. The smallest absolute Gasteiger partial charge is 0.223 e. The molecule has 0 aromatic rings. The maximum Gasteiger partial charge on any atom is 0.223 e. The van der Waals surface area contributed by atoms with Gasteiger partial charge < -0.3 is 10.5 Å². The fourth-order valence-corrected chi connectivity index (χ4v) is 2.70. The number of ether oxygens (including phenoxy) is 1. The Kier molecular flexibility index (Phi) is 1.32. The first-order chi connectivity index (χ1) is 5.55. The SMILES string of the molecule is COC(=S)C12CC(C(N)=O)(C1)C2. The number of hydrogen-bond acceptors (Lipinski definition) is 3. The molecule has 66 valence electrons. The average Bonchev–Trinajstić information content (AvgIpc) is 1.80. The largest absolute Gasteiger partial charge is 0.490 e. The highest BCUT2D eigenvalue weighted by molar-refractivity contribution is 7.80. The second-order valence-electron chi connectivity index (χ2n) is 3.95. The van der Waals surface area contributed by atoms with E-state index in [1.54, 1.807) is 7.11 Å². The average molecular weight is 185 g/mol. The molecule has 4 heteroatoms. The Bertz CT molecular complexity index is 254. The van der Waals surface area contributed by atoms with Crippen molar-refractivity contribution < 1.29 is 9.53 Å². The van der Waals surface area contributed by atoms with Crippen molar-refractivity contribution in [2.24, 2.45) is 16.6 Å². The summed E-state index contributed by atoms with van der Waals surface area (Å²) in [5.41, 5.74) is 5.05. The van der Waals surface area contributed by atoms with Gasteiger partial charge in [0.05, 0.1) is 12.5 Å². The number of carbonyl (C=O) groups excluding carboxylic acids is 1. The Labute approximate surface area is 76.3 Å². The molecular formula is C8H11NO2S. The van der Waals surface area contributed by atoms with E-state index in [0.29, 0.717) is 5.05 Å². The minimum Gasteiger partial charge on any atom is -0.490 e. The standard InChI is InChI=1S/C8H11NO2S/c1-11-6(12)8-2-7(3-8,4-8)5(9)10/h2-4H2,1H3,(H2,9,10). The highest BCUT2D eigenvalue weighted by atomic mass is 32.1. The van der Waals surface area contributed by atoms with Crippen molar-refractivity contribution in [3.63, 3.8) is 0 Å². The van der Waals surface area contributed by atoms with Crippen LogP contribution >= 0.6 is 12.2 Å². The monoisotopic (exact) mass is 185 g/mol. The molecule has 0 aliphatic heterocycles. The molecule has 0 spiro atoms. The van der Waals surface area contributed by atoms with E-state index in [9.17, 15) is 4.79 Å². The van der Waals surface area contributed by atoms with E-state index in [4.69, 9.17) is 22.7 Å². The van der Waals surface area contributed by atoms with Crippen molar-refractivity contribution >= 4 is 23.2 Å². The normalized spacial score (nSPS) is 42.4. The predicted molar refractivity (Wildman–Crippen MR) is 47.5 cm³/mol. The van der Waals surface area contributed by atoms with Gasteiger partial charge in [-0.1, -0.05) is 0 Å². The van der Waals surface area contributed by atoms with Crippen LogP contribution in [-0.4, -0.2) is 18.1 Å². The molecule has 2 bridgehead atoms. The first kappa shape index (κ1) is 7.98. The zero-order valence-corrected chi connectivity index (χ0v) is 7.74. The van der Waals surface area contributed by atoms with Crippen LogP contribution in [0, 0.1) is 10.8 Å². The number of amides is 1. The summed E-state index contributed by atoms with van der Waals surface area (Å²) in [5.74, 6) is -0.178. The molecule has 0 saturated heterocycles. The second kappa shape index (κ2) is 1.99. The number of primary amides is 1. The van der Waals surface area contributed by atoms with E-state index in [-0.39, 0.29) is 16.7 Å². The third-order valence-corrected chi connectivity index (χ3v) is 3.77. The van der Waals surface area contributed by atoms with Gasteiger partial charge in [0.25, 0.3) is 0 Å². The molecule has 3 nitrogen and oxygen atoms in total. The molecule has 0 heterocycles. The maximum absolute atomic E-state index is 10.9. The third kappa shape index (κ3) is 0.665. The van der Waals surface area contributed by atoms with Gasteiger partial charge in [0.15, 0.2) is 5.05 Å². The van der Waals surface area contributed by atoms with Crippen LogP contribution in [-0.2, 0) is 9.53 Å². The number of methoxy groups -OCH3 is 1. The van der Waals surface area contributed by atoms with Crippen LogP contribution < -0.4 is 5.73 Å². The molecule has 2 N–H and O–H groups in total. The van der Waals surface area contributed by atoms with Gasteiger partial charge in [0.1, 0.15) is 0 Å². The molecule has 3 fully saturated rings. The Balaban J connectivity index is 2.04. The summed E-state index contributed by atoms with van der Waals surface area (Å²) in [6.07, 6.45) is 2.42. The van der Waals surface area contributed by atoms with Crippen molar-refractivity contribution in [1.29, 1.82) is 0 Å². The highest BCUT2D eigenvalue weighted by Crippen LogP contribution is 2.73. The van der Waals surface area contributed by atoms with Gasteiger partial charge in [-0.3, -0.25) is 4.79 Å². The number of nitrogens with two attached hydrogens (primary N) is 1. The molecule has 0 unspecified atom stereocenters. The van der Waals surface area contributed by atoms with Crippen molar-refractivity contribution in [2.75, 3.05) is 7.11 Å². The lowest BCUT2D eigenvalue weighted by Gasteiger charge is -2.67. The lowest BCUT2D eigenvalue weighted by molar-refractivity contribution is -0.180. The number of hydrogen-bond donors (Lipinski definition) is 1. The van der Waals surface area contributed by atoms with E-state index in [1.807, 2.05) is 0 Å². The van der Waals surface area contributed by atoms with E-state index < -0.39 is 0 Å². The molecule has 0 radical (unpaired) electrons. The molecule has 3 saturated carbocycles. The third-order valence-electron chi connectivity index (χ3n) is 3.17. The number of rotatable bonds is 2. The Morgan fingerprint density at radius 1 is 1.42 bits per heavy atom. The summed E-state index contributed by atoms with van der Waals surface area (Å²) < 4.78 is 5.00. The lowest BCUT2D eigenvalue weighted by Crippen LogP contribution is -2.69. The summed E-state index contributed by atoms with van der Waals surface area (Å²) >= 11 is 5.04. The van der Waals surface area contributed by atoms with Crippen LogP contribution in [0.5, 0.6) is 0 Å². The van der Waals surface area contributed by atoms with Gasteiger partial charge in [-0.15, -0.1) is 0 Å². The Morgan fingerprint density at radius 2 is 1.92 bits per heavy atom. The summed E-state index contributed by atoms with van der Waals surface area (Å²) in [5, 5.41) is 0.644. The number of carbonyl (C=O) groups is 1. The van der Waals surface area contributed by atoms with Crippen molar-refractivity contribution in [1.82, 2.24) is 0 Å². The molecule has 0 atom stereocenters. The molecular weight excluding hydrogens is 174 g/mol. The zero-order chi connectivity index (χ0) is 8.98. The van der Waals surface area contributed by atoms with Gasteiger partial charge in [-0.2, -0.15) is 0 Å². The summed E-state index contributed by atoms with van der Waals surface area (Å²) in [7, 11) is 1.58. The Morgan fingerprint density at radius 3 is 2.25 bits per heavy atom. The molecule has 0 aromatic carbocycles. The van der Waals surface area contributed by atoms with E-state index in [1.165, 1.54) is 0 Å². The topological polar surface area (TPSA) is 52.3 Å². The van der Waals surface area contributed by atoms with Crippen LogP contribution in [0.4, 0.5) is 0 Å². The van der Waals surface area contributed by atoms with Gasteiger partial charge in [0, 0.05) is 5.41 Å². The molecule has 3 aliphatic carbocycles. The maximum atomic E-state index is 10.9. The van der Waals surface area contributed by atoms with Crippen molar-refractivity contribution in [3.8, 4) is 0 Å². The zero-order valence-electron chi connectivity index (χ0n) is 6.92. The minimum atomic E-state index is -0.220. The van der Waals surface area contributed by atoms with Crippen LogP contribution in [0.15, 0.2) is 0 Å². The number of thiocarbonyl (C=S) groups is 1. The van der Waals surface area contributed by atoms with Gasteiger partial charge in [-0.25, -0.2) is 0 Å². The van der Waals surface area contributed by atoms with Gasteiger partial charge >= 0.3 is 0 Å². The van der Waals surface area contributed by atoms with Crippen LogP contribution in [0.2, 0.25) is 0 Å². The molecule has 3 rings (SSSR count). The van der Waals surface area contributed by atoms with Gasteiger partial charge in [-0.05, 0) is 31.5 Å². The lowest BCUT2D eigenvalue weighted by atomic mass is 9.35. The second-order valence-corrected chi connectivity index (χ2v) is 4.32. The van der Waals surface area contributed by atoms with Crippen LogP contribution in [0.3, 0.4) is 0 Å². The Hall–Kier alpha value is -0.640. The fourth-order valence-electron chi connectivity index (χ4n) is 2.48. The quantitative estimate of drug-likeness (QED) is 0.641. The molecule has 1 amide bonds. The first-order valence-electron chi connectivity index (χ1n) is 3.93. The molecule has 0 aromatic heterocycles. The van der Waals surface area contributed by atoms with Gasteiger partial charge in [0.2, 0.25) is 5.91 Å². The van der Waals surface area contributed by atoms with Crippen molar-refractivity contribution in [2.45, 2.75) is 19.3 Å². The summed E-state index contributed by atoms with van der Waals surface area (Å²) in [6.45, 7) is 0. The highest BCUT2D eigenvalue weighted by Gasteiger charge is 2.73.